The van der Waals surface area contributed by atoms with Gasteiger partial charge < -0.3 is 15.2 Å². The average molecular weight is 303 g/mol. The van der Waals surface area contributed by atoms with Gasteiger partial charge in [-0.05, 0) is 42.5 Å². The quantitative estimate of drug-likeness (QED) is 0.860. The van der Waals surface area contributed by atoms with Gasteiger partial charge in [0.25, 0.3) is 0 Å². The van der Waals surface area contributed by atoms with Gasteiger partial charge in [0.2, 0.25) is 0 Å². The zero-order valence-corrected chi connectivity index (χ0v) is 12.0. The lowest BCUT2D eigenvalue weighted by atomic mass is 10.2. The van der Waals surface area contributed by atoms with Crippen molar-refractivity contribution in [1.29, 1.82) is 5.26 Å². The molecule has 0 saturated heterocycles. The number of rotatable bonds is 6. The first-order valence-corrected chi connectivity index (χ1v) is 6.85. The summed E-state index contributed by atoms with van der Waals surface area (Å²) in [5, 5.41) is 22.4. The smallest absolute Gasteiger partial charge is 0.120 e. The van der Waals surface area contributed by atoms with Crippen molar-refractivity contribution in [2.75, 3.05) is 18.5 Å². The Morgan fingerprint density at radius 1 is 1.24 bits per heavy atom. The van der Waals surface area contributed by atoms with E-state index < -0.39 is 6.10 Å². The van der Waals surface area contributed by atoms with E-state index in [1.165, 1.54) is 0 Å². The van der Waals surface area contributed by atoms with Crippen molar-refractivity contribution >= 4 is 17.3 Å². The number of aliphatic hydroxyl groups excluding tert-OH is 1. The summed E-state index contributed by atoms with van der Waals surface area (Å²) < 4.78 is 5.46. The highest BCUT2D eigenvalue weighted by molar-refractivity contribution is 6.30. The van der Waals surface area contributed by atoms with E-state index in [2.05, 4.69) is 5.32 Å². The normalized spacial score (nSPS) is 11.5. The average Bonchev–Trinajstić information content (AvgIpc) is 2.52. The summed E-state index contributed by atoms with van der Waals surface area (Å²) in [4.78, 5) is 0. The summed E-state index contributed by atoms with van der Waals surface area (Å²) in [6.45, 7) is 0.509. The monoisotopic (exact) mass is 302 g/mol. The lowest BCUT2D eigenvalue weighted by Crippen LogP contribution is -2.26. The number of benzene rings is 2. The van der Waals surface area contributed by atoms with E-state index in [1.807, 2.05) is 18.2 Å². The maximum atomic E-state index is 9.87. The number of nitriles is 1. The maximum Gasteiger partial charge on any atom is 0.120 e. The van der Waals surface area contributed by atoms with Gasteiger partial charge in [-0.15, -0.1) is 0 Å². The molecule has 2 aromatic carbocycles. The van der Waals surface area contributed by atoms with Gasteiger partial charge in [0.05, 0.1) is 11.6 Å². The van der Waals surface area contributed by atoms with Crippen molar-refractivity contribution in [2.24, 2.45) is 0 Å². The number of nitrogens with zero attached hydrogens (tertiary/aromatic N) is 1. The Bertz CT molecular complexity index is 623. The molecule has 2 N–H and O–H groups in total. The minimum absolute atomic E-state index is 0.148. The highest BCUT2D eigenvalue weighted by atomic mass is 35.5. The molecule has 21 heavy (non-hydrogen) atoms. The molecule has 0 heterocycles. The molecule has 108 valence electrons. The number of anilines is 1. The van der Waals surface area contributed by atoms with Gasteiger partial charge in [0.15, 0.2) is 0 Å². The van der Waals surface area contributed by atoms with Crippen LogP contribution in [0.3, 0.4) is 0 Å². The molecule has 5 heteroatoms. The van der Waals surface area contributed by atoms with Crippen molar-refractivity contribution in [3.8, 4) is 11.8 Å². The van der Waals surface area contributed by atoms with Crippen LogP contribution in [0.4, 0.5) is 5.69 Å². The molecule has 0 bridgehead atoms. The van der Waals surface area contributed by atoms with Crippen LogP contribution in [0, 0.1) is 11.3 Å². The molecule has 0 fully saturated rings. The number of aliphatic hydroxyl groups is 1. The molecule has 0 radical (unpaired) electrons. The van der Waals surface area contributed by atoms with E-state index in [0.717, 1.165) is 5.69 Å². The Hall–Kier alpha value is -2.22. The van der Waals surface area contributed by atoms with Gasteiger partial charge in [0, 0.05) is 17.3 Å². The van der Waals surface area contributed by atoms with Crippen LogP contribution in [0.15, 0.2) is 48.5 Å². The number of halogens is 1. The molecule has 2 rings (SSSR count). The maximum absolute atomic E-state index is 9.87. The molecule has 1 unspecified atom stereocenters. The number of ether oxygens (including phenoxy) is 1. The van der Waals surface area contributed by atoms with Crippen LogP contribution in [0.25, 0.3) is 0 Å². The van der Waals surface area contributed by atoms with E-state index in [4.69, 9.17) is 21.6 Å². The first-order valence-electron chi connectivity index (χ1n) is 6.48. The SMILES string of the molecule is N#Cc1cccc(OCC(O)CNc2ccc(Cl)cc2)c1. The fourth-order valence-corrected chi connectivity index (χ4v) is 1.84. The second kappa shape index (κ2) is 7.53. The molecule has 0 saturated carbocycles. The minimum atomic E-state index is -0.661. The molecule has 1 atom stereocenters. The predicted octanol–water partition coefficient (Wildman–Crippen LogP) is 3.06. The highest BCUT2D eigenvalue weighted by Crippen LogP contribution is 2.14. The molecule has 2 aromatic rings. The van der Waals surface area contributed by atoms with E-state index >= 15 is 0 Å². The van der Waals surface area contributed by atoms with Gasteiger partial charge in [-0.3, -0.25) is 0 Å². The standard InChI is InChI=1S/C16H15ClN2O2/c17-13-4-6-14(7-5-13)19-10-15(20)11-21-16-3-1-2-12(8-16)9-18/h1-8,15,19-20H,10-11H2. The predicted molar refractivity (Wildman–Crippen MR) is 82.6 cm³/mol. The van der Waals surface area contributed by atoms with E-state index in [0.29, 0.717) is 22.9 Å². The summed E-state index contributed by atoms with van der Waals surface area (Å²) in [5.74, 6) is 0.569. The van der Waals surface area contributed by atoms with Crippen molar-refractivity contribution < 1.29 is 9.84 Å². The molecule has 0 aromatic heterocycles. The van der Waals surface area contributed by atoms with Gasteiger partial charge in [-0.1, -0.05) is 17.7 Å². The summed E-state index contributed by atoms with van der Waals surface area (Å²) >= 11 is 5.80. The summed E-state index contributed by atoms with van der Waals surface area (Å²) in [6, 6.07) is 16.1. The van der Waals surface area contributed by atoms with E-state index in [-0.39, 0.29) is 6.61 Å². The van der Waals surface area contributed by atoms with Crippen LogP contribution in [0.5, 0.6) is 5.75 Å². The van der Waals surface area contributed by atoms with Crippen LogP contribution in [-0.4, -0.2) is 24.4 Å². The fraction of sp³-hybridized carbons (Fsp3) is 0.188. The zero-order valence-electron chi connectivity index (χ0n) is 11.3. The lowest BCUT2D eigenvalue weighted by Gasteiger charge is -2.14. The van der Waals surface area contributed by atoms with Gasteiger partial charge >= 0.3 is 0 Å². The van der Waals surface area contributed by atoms with Crippen LogP contribution < -0.4 is 10.1 Å². The zero-order chi connectivity index (χ0) is 15.1. The second-order valence-corrected chi connectivity index (χ2v) is 4.93. The number of hydrogen-bond acceptors (Lipinski definition) is 4. The van der Waals surface area contributed by atoms with Crippen LogP contribution >= 0.6 is 11.6 Å². The van der Waals surface area contributed by atoms with E-state index in [1.54, 1.807) is 36.4 Å². The van der Waals surface area contributed by atoms with Crippen molar-refractivity contribution in [2.45, 2.75) is 6.10 Å². The van der Waals surface area contributed by atoms with Crippen LogP contribution in [-0.2, 0) is 0 Å². The first-order chi connectivity index (χ1) is 10.2. The third-order valence-electron chi connectivity index (χ3n) is 2.79. The Labute approximate surface area is 128 Å². The Balaban J connectivity index is 1.78. The lowest BCUT2D eigenvalue weighted by molar-refractivity contribution is 0.117. The Morgan fingerprint density at radius 3 is 2.71 bits per heavy atom. The third kappa shape index (κ3) is 4.99. The Morgan fingerprint density at radius 2 is 2.00 bits per heavy atom. The minimum Gasteiger partial charge on any atom is -0.491 e. The van der Waals surface area contributed by atoms with Crippen LogP contribution in [0.2, 0.25) is 5.02 Å². The fourth-order valence-electron chi connectivity index (χ4n) is 1.71. The van der Waals surface area contributed by atoms with Crippen molar-refractivity contribution in [3.63, 3.8) is 0 Å². The molecule has 4 nitrogen and oxygen atoms in total. The Kier molecular flexibility index (Phi) is 5.44. The second-order valence-electron chi connectivity index (χ2n) is 4.49. The molecule has 0 amide bonds. The third-order valence-corrected chi connectivity index (χ3v) is 3.04. The van der Waals surface area contributed by atoms with Gasteiger partial charge in [-0.25, -0.2) is 0 Å². The number of nitrogens with one attached hydrogen (secondary N) is 1. The summed E-state index contributed by atoms with van der Waals surface area (Å²) in [6.07, 6.45) is -0.661. The van der Waals surface area contributed by atoms with Crippen molar-refractivity contribution in [1.82, 2.24) is 0 Å². The summed E-state index contributed by atoms with van der Waals surface area (Å²) in [7, 11) is 0. The first kappa shape index (κ1) is 15.2. The molecular formula is C16H15ClN2O2. The van der Waals surface area contributed by atoms with Crippen molar-refractivity contribution in [3.05, 3.63) is 59.1 Å². The molecule has 0 aliphatic carbocycles. The molecular weight excluding hydrogens is 288 g/mol. The van der Waals surface area contributed by atoms with Gasteiger partial charge in [0.1, 0.15) is 18.5 Å². The van der Waals surface area contributed by atoms with E-state index in [9.17, 15) is 5.11 Å². The molecule has 0 aliphatic heterocycles. The molecule has 0 spiro atoms. The molecule has 0 aliphatic rings. The topological polar surface area (TPSA) is 65.3 Å². The van der Waals surface area contributed by atoms with Gasteiger partial charge in [-0.2, -0.15) is 5.26 Å². The number of hydrogen-bond donors (Lipinski definition) is 2. The van der Waals surface area contributed by atoms with Crippen LogP contribution in [0.1, 0.15) is 5.56 Å². The largest absolute Gasteiger partial charge is 0.491 e. The highest BCUT2D eigenvalue weighted by Gasteiger charge is 2.05. The summed E-state index contributed by atoms with van der Waals surface area (Å²) in [5.41, 5.74) is 1.41.